The molecule has 41 heavy (non-hydrogen) atoms. The topological polar surface area (TPSA) is 141 Å². The van der Waals surface area contributed by atoms with Crippen molar-refractivity contribution in [2.45, 2.75) is 43.0 Å². The SMILES string of the molecule is CCN1C(=O)[C@@H](CNc2ccc(NC(=O)NCCN3CCCC3)cc2)SC1[C@H](N)C(=O)NCc1ccc(OC)cc1. The molecule has 2 heterocycles. The summed E-state index contributed by atoms with van der Waals surface area (Å²) in [6.07, 6.45) is 2.46. The first-order chi connectivity index (χ1) is 19.9. The molecule has 4 rings (SSSR count). The molecule has 1 unspecified atom stereocenters. The lowest BCUT2D eigenvalue weighted by molar-refractivity contribution is -0.131. The fourth-order valence-electron chi connectivity index (χ4n) is 4.93. The highest BCUT2D eigenvalue weighted by molar-refractivity contribution is 8.01. The third-order valence-electron chi connectivity index (χ3n) is 7.29. The molecule has 2 aliphatic rings. The maximum Gasteiger partial charge on any atom is 0.319 e. The smallest absolute Gasteiger partial charge is 0.319 e. The van der Waals surface area contributed by atoms with Gasteiger partial charge in [0, 0.05) is 44.1 Å². The molecule has 0 aromatic heterocycles. The summed E-state index contributed by atoms with van der Waals surface area (Å²) in [5, 5.41) is 11.1. The molecule has 2 saturated heterocycles. The van der Waals surface area contributed by atoms with E-state index in [1.54, 1.807) is 12.0 Å². The van der Waals surface area contributed by atoms with Crippen molar-refractivity contribution in [1.82, 2.24) is 20.4 Å². The van der Waals surface area contributed by atoms with Crippen molar-refractivity contribution in [2.24, 2.45) is 5.73 Å². The van der Waals surface area contributed by atoms with Gasteiger partial charge in [-0.1, -0.05) is 12.1 Å². The Hall–Kier alpha value is -3.48. The van der Waals surface area contributed by atoms with Crippen LogP contribution >= 0.6 is 11.8 Å². The Kier molecular flexibility index (Phi) is 11.1. The lowest BCUT2D eigenvalue weighted by Crippen LogP contribution is -2.52. The fraction of sp³-hybridized carbons (Fsp3) is 0.483. The molecule has 11 nitrogen and oxygen atoms in total. The number of benzene rings is 2. The van der Waals surface area contributed by atoms with Crippen LogP contribution in [0, 0.1) is 0 Å². The number of hydrogen-bond acceptors (Lipinski definition) is 8. The summed E-state index contributed by atoms with van der Waals surface area (Å²) in [4.78, 5) is 42.1. The second kappa shape index (κ2) is 14.9. The predicted octanol–water partition coefficient (Wildman–Crippen LogP) is 2.26. The zero-order valence-corrected chi connectivity index (χ0v) is 24.5. The van der Waals surface area contributed by atoms with Gasteiger partial charge in [0.1, 0.15) is 22.4 Å². The third-order valence-corrected chi connectivity index (χ3v) is 8.82. The third kappa shape index (κ3) is 8.51. The van der Waals surface area contributed by atoms with Gasteiger partial charge in [-0.3, -0.25) is 9.59 Å². The number of nitrogens with one attached hydrogen (secondary N) is 4. The zero-order chi connectivity index (χ0) is 29.2. The Bertz CT molecular complexity index is 1160. The molecule has 3 atom stereocenters. The van der Waals surface area contributed by atoms with Crippen molar-refractivity contribution in [1.29, 1.82) is 0 Å². The first kappa shape index (κ1) is 30.5. The maximum absolute atomic E-state index is 13.1. The molecule has 0 aliphatic carbocycles. The van der Waals surface area contributed by atoms with Crippen LogP contribution in [0.1, 0.15) is 25.3 Å². The number of anilines is 2. The standard InChI is InChI=1S/C29H41N7O4S/c1-3-36-27(38)24(41-28(36)25(30)26(37)33-18-20-6-12-23(40-2)13-7-20)19-32-21-8-10-22(11-9-21)34-29(39)31-14-17-35-15-4-5-16-35/h6-13,24-25,28,32H,3-5,14-19,30H2,1-2H3,(H,33,37)(H2,31,34,39)/t24-,25-,28?/m1/s1. The molecule has 0 radical (unpaired) electrons. The molecule has 12 heteroatoms. The van der Waals surface area contributed by atoms with Crippen molar-refractivity contribution < 1.29 is 19.1 Å². The molecule has 2 aromatic rings. The number of rotatable bonds is 13. The molecule has 4 amide bonds. The summed E-state index contributed by atoms with van der Waals surface area (Å²) >= 11 is 1.40. The summed E-state index contributed by atoms with van der Waals surface area (Å²) in [7, 11) is 1.60. The lowest BCUT2D eigenvalue weighted by atomic mass is 10.2. The normalized spacial score (nSPS) is 19.6. The second-order valence-electron chi connectivity index (χ2n) is 10.1. The molecule has 222 valence electrons. The van der Waals surface area contributed by atoms with Gasteiger partial charge in [0.05, 0.1) is 7.11 Å². The van der Waals surface area contributed by atoms with Crippen LogP contribution in [0.4, 0.5) is 16.2 Å². The number of amides is 4. The van der Waals surface area contributed by atoms with Crippen molar-refractivity contribution in [3.63, 3.8) is 0 Å². The quantitative estimate of drug-likeness (QED) is 0.242. The van der Waals surface area contributed by atoms with Crippen LogP contribution in [0.3, 0.4) is 0 Å². The van der Waals surface area contributed by atoms with Gasteiger partial charge in [-0.25, -0.2) is 4.79 Å². The average Bonchev–Trinajstić information content (AvgIpc) is 3.62. The van der Waals surface area contributed by atoms with Gasteiger partial charge in [0.25, 0.3) is 0 Å². The highest BCUT2D eigenvalue weighted by atomic mass is 32.2. The first-order valence-electron chi connectivity index (χ1n) is 14.1. The van der Waals surface area contributed by atoms with Gasteiger partial charge in [0.2, 0.25) is 11.8 Å². The van der Waals surface area contributed by atoms with E-state index < -0.39 is 11.4 Å². The molecule has 2 aromatic carbocycles. The number of nitrogens with zero attached hydrogens (tertiary/aromatic N) is 2. The Morgan fingerprint density at radius 3 is 2.39 bits per heavy atom. The highest BCUT2D eigenvalue weighted by Crippen LogP contribution is 2.33. The predicted molar refractivity (Wildman–Crippen MR) is 163 cm³/mol. The van der Waals surface area contributed by atoms with Gasteiger partial charge in [-0.05, 0) is 74.8 Å². The van der Waals surface area contributed by atoms with E-state index in [0.29, 0.717) is 31.9 Å². The van der Waals surface area contributed by atoms with E-state index in [0.717, 1.165) is 36.6 Å². The van der Waals surface area contributed by atoms with Crippen molar-refractivity contribution in [3.8, 4) is 5.75 Å². The van der Waals surface area contributed by atoms with E-state index in [1.165, 1.54) is 24.6 Å². The van der Waals surface area contributed by atoms with Crippen LogP contribution in [-0.4, -0.2) is 90.7 Å². The van der Waals surface area contributed by atoms with Gasteiger partial charge in [-0.2, -0.15) is 0 Å². The second-order valence-corrected chi connectivity index (χ2v) is 11.4. The summed E-state index contributed by atoms with van der Waals surface area (Å²) < 4.78 is 5.17. The molecule has 0 bridgehead atoms. The Morgan fingerprint density at radius 2 is 1.73 bits per heavy atom. The minimum atomic E-state index is -0.862. The fourth-order valence-corrected chi connectivity index (χ4v) is 6.39. The number of ether oxygens (including phenoxy) is 1. The molecular weight excluding hydrogens is 542 g/mol. The highest BCUT2D eigenvalue weighted by Gasteiger charge is 2.44. The van der Waals surface area contributed by atoms with Gasteiger partial charge in [0.15, 0.2) is 0 Å². The Balaban J connectivity index is 1.22. The van der Waals surface area contributed by atoms with Gasteiger partial charge >= 0.3 is 6.03 Å². The minimum Gasteiger partial charge on any atom is -0.497 e. The lowest BCUT2D eigenvalue weighted by Gasteiger charge is -2.26. The van der Waals surface area contributed by atoms with E-state index in [4.69, 9.17) is 10.5 Å². The number of likely N-dealkylation sites (N-methyl/N-ethyl adjacent to an activating group) is 1. The molecule has 2 fully saturated rings. The molecule has 0 spiro atoms. The number of likely N-dealkylation sites (tertiary alicyclic amines) is 1. The number of carbonyl (C=O) groups is 3. The van der Waals surface area contributed by atoms with Crippen LogP contribution in [0.5, 0.6) is 5.75 Å². The Morgan fingerprint density at radius 1 is 1.05 bits per heavy atom. The number of nitrogens with two attached hydrogens (primary N) is 1. The molecule has 0 saturated carbocycles. The van der Waals surface area contributed by atoms with Gasteiger partial charge < -0.3 is 41.5 Å². The summed E-state index contributed by atoms with van der Waals surface area (Å²) in [6.45, 7) is 6.77. The minimum absolute atomic E-state index is 0.0442. The van der Waals surface area contributed by atoms with Crippen molar-refractivity contribution in [2.75, 3.05) is 57.0 Å². The van der Waals surface area contributed by atoms with E-state index >= 15 is 0 Å². The average molecular weight is 584 g/mol. The van der Waals surface area contributed by atoms with Gasteiger partial charge in [-0.15, -0.1) is 11.8 Å². The van der Waals surface area contributed by atoms with Crippen molar-refractivity contribution in [3.05, 3.63) is 54.1 Å². The van der Waals surface area contributed by atoms with E-state index in [9.17, 15) is 14.4 Å². The maximum atomic E-state index is 13.1. The number of carbonyl (C=O) groups excluding carboxylic acids is 3. The summed E-state index contributed by atoms with van der Waals surface area (Å²) in [6, 6.07) is 13.7. The van der Waals surface area contributed by atoms with Crippen LogP contribution < -0.4 is 31.7 Å². The zero-order valence-electron chi connectivity index (χ0n) is 23.7. The molecular formula is C29H41N7O4S. The van der Waals surface area contributed by atoms with Crippen LogP contribution in [0.2, 0.25) is 0 Å². The van der Waals surface area contributed by atoms with E-state index in [2.05, 4.69) is 26.2 Å². The number of methoxy groups -OCH3 is 1. The van der Waals surface area contributed by atoms with E-state index in [-0.39, 0.29) is 23.1 Å². The van der Waals surface area contributed by atoms with Crippen LogP contribution in [0.15, 0.2) is 48.5 Å². The number of urea groups is 1. The van der Waals surface area contributed by atoms with Crippen LogP contribution in [-0.2, 0) is 16.1 Å². The molecule has 6 N–H and O–H groups in total. The summed E-state index contributed by atoms with van der Waals surface area (Å²) in [5.41, 5.74) is 8.78. The monoisotopic (exact) mass is 583 g/mol. The van der Waals surface area contributed by atoms with Crippen molar-refractivity contribution >= 4 is 41.0 Å². The van der Waals surface area contributed by atoms with E-state index in [1.807, 2.05) is 55.5 Å². The molecule has 2 aliphatic heterocycles. The number of thioether (sulfide) groups is 1. The largest absolute Gasteiger partial charge is 0.497 e. The Labute approximate surface area is 245 Å². The summed E-state index contributed by atoms with van der Waals surface area (Å²) in [5.74, 6) is 0.396. The van der Waals surface area contributed by atoms with Crippen LogP contribution in [0.25, 0.3) is 0 Å². The number of hydrogen-bond donors (Lipinski definition) is 5. The first-order valence-corrected chi connectivity index (χ1v) is 15.1.